The van der Waals surface area contributed by atoms with E-state index in [2.05, 4.69) is 26.2 Å². The molecular formula is C24H21BrF6N4O2. The average molecular weight is 591 g/mol. The summed E-state index contributed by atoms with van der Waals surface area (Å²) in [6.45, 7) is 0. The standard InChI is InChI=1S/C24H21BrF6N4O2/c25-20(13-4-7-16(8-5-13)35-22(36)18(11-32)21(33)24(29,30)31)14-2-1-3-17(10-14)37-19-9-6-15(12-34-19)23(26,27)28/h1-3,6,9-12,16,33H,4-5,7-8,32H2,(H,35,36)/b18-11+,20-13?,33-21?. The molecule has 1 saturated carbocycles. The molecule has 1 heterocycles. The molecule has 13 heteroatoms. The van der Waals surface area contributed by atoms with Crippen LogP contribution in [0.2, 0.25) is 0 Å². The summed E-state index contributed by atoms with van der Waals surface area (Å²) in [5.41, 5.74) is 3.27. The van der Waals surface area contributed by atoms with Gasteiger partial charge in [0.15, 0.2) is 0 Å². The second kappa shape index (κ2) is 11.4. The van der Waals surface area contributed by atoms with Gasteiger partial charge in [-0.05, 0) is 49.4 Å². The second-order valence-corrected chi connectivity index (χ2v) is 8.92. The fourth-order valence-electron chi connectivity index (χ4n) is 3.65. The predicted molar refractivity (Wildman–Crippen MR) is 128 cm³/mol. The smallest absolute Gasteiger partial charge is 0.433 e. The molecule has 37 heavy (non-hydrogen) atoms. The molecule has 198 valence electrons. The molecule has 4 N–H and O–H groups in total. The summed E-state index contributed by atoms with van der Waals surface area (Å²) in [4.78, 5) is 15.9. The monoisotopic (exact) mass is 590 g/mol. The molecule has 1 aliphatic rings. The van der Waals surface area contributed by atoms with E-state index < -0.39 is 41.1 Å². The number of carbonyl (C=O) groups is 1. The molecular weight excluding hydrogens is 570 g/mol. The van der Waals surface area contributed by atoms with Crippen molar-refractivity contribution in [3.8, 4) is 11.6 Å². The van der Waals surface area contributed by atoms with Crippen LogP contribution in [0.25, 0.3) is 4.48 Å². The molecule has 1 aromatic carbocycles. The van der Waals surface area contributed by atoms with Crippen molar-refractivity contribution in [1.82, 2.24) is 10.3 Å². The largest absolute Gasteiger partial charge is 0.439 e. The van der Waals surface area contributed by atoms with Crippen molar-refractivity contribution in [1.29, 1.82) is 5.41 Å². The van der Waals surface area contributed by atoms with E-state index in [1.54, 1.807) is 24.3 Å². The van der Waals surface area contributed by atoms with Gasteiger partial charge in [0.05, 0.1) is 11.1 Å². The summed E-state index contributed by atoms with van der Waals surface area (Å²) < 4.78 is 82.8. The van der Waals surface area contributed by atoms with E-state index in [-0.39, 0.29) is 5.88 Å². The van der Waals surface area contributed by atoms with Crippen LogP contribution in [0.15, 0.2) is 59.9 Å². The molecule has 0 unspecified atom stereocenters. The van der Waals surface area contributed by atoms with Crippen LogP contribution >= 0.6 is 15.9 Å². The summed E-state index contributed by atoms with van der Waals surface area (Å²) in [7, 11) is 0. The molecule has 1 fully saturated rings. The molecule has 0 aliphatic heterocycles. The van der Waals surface area contributed by atoms with E-state index >= 15 is 0 Å². The van der Waals surface area contributed by atoms with E-state index in [1.807, 2.05) is 0 Å². The molecule has 3 rings (SSSR count). The summed E-state index contributed by atoms with van der Waals surface area (Å²) in [6.07, 6.45) is -6.34. The van der Waals surface area contributed by atoms with Crippen molar-refractivity contribution in [2.24, 2.45) is 5.73 Å². The molecule has 0 bridgehead atoms. The van der Waals surface area contributed by atoms with Crippen LogP contribution in [0.5, 0.6) is 11.6 Å². The van der Waals surface area contributed by atoms with Gasteiger partial charge in [-0.25, -0.2) is 4.98 Å². The molecule has 0 atom stereocenters. The quantitative estimate of drug-likeness (QED) is 0.203. The van der Waals surface area contributed by atoms with Crippen LogP contribution in [0.4, 0.5) is 26.3 Å². The van der Waals surface area contributed by atoms with Gasteiger partial charge in [-0.2, -0.15) is 26.3 Å². The minimum atomic E-state index is -4.99. The van der Waals surface area contributed by atoms with Crippen molar-refractivity contribution >= 4 is 32.0 Å². The van der Waals surface area contributed by atoms with E-state index in [9.17, 15) is 31.1 Å². The van der Waals surface area contributed by atoms with Crippen molar-refractivity contribution in [2.45, 2.75) is 44.1 Å². The van der Waals surface area contributed by atoms with Gasteiger partial charge in [-0.15, -0.1) is 0 Å². The van der Waals surface area contributed by atoms with Crippen LogP contribution < -0.4 is 15.8 Å². The lowest BCUT2D eigenvalue weighted by Crippen LogP contribution is -2.41. The highest BCUT2D eigenvalue weighted by Gasteiger charge is 2.39. The number of hydrogen-bond donors (Lipinski definition) is 3. The van der Waals surface area contributed by atoms with E-state index in [0.29, 0.717) is 43.8 Å². The number of nitrogens with zero attached hydrogens (tertiary/aromatic N) is 1. The zero-order chi connectivity index (χ0) is 27.4. The zero-order valence-corrected chi connectivity index (χ0v) is 20.6. The minimum Gasteiger partial charge on any atom is -0.439 e. The number of rotatable bonds is 6. The summed E-state index contributed by atoms with van der Waals surface area (Å²) in [5, 5.41) is 9.65. The molecule has 2 aromatic rings. The van der Waals surface area contributed by atoms with Gasteiger partial charge in [0.1, 0.15) is 11.5 Å². The number of nitrogens with one attached hydrogen (secondary N) is 2. The van der Waals surface area contributed by atoms with Crippen molar-refractivity contribution in [3.05, 3.63) is 71.1 Å². The Kier molecular flexibility index (Phi) is 8.67. The van der Waals surface area contributed by atoms with Crippen LogP contribution in [-0.2, 0) is 11.0 Å². The molecule has 1 amide bonds. The van der Waals surface area contributed by atoms with Gasteiger partial charge in [-0.3, -0.25) is 10.2 Å². The third-order valence-electron chi connectivity index (χ3n) is 5.57. The minimum absolute atomic E-state index is 0.00493. The van der Waals surface area contributed by atoms with E-state index in [1.165, 1.54) is 0 Å². The maximum atomic E-state index is 12.8. The molecule has 0 radical (unpaired) electrons. The fraction of sp³-hybridized carbons (Fsp3) is 0.292. The first kappa shape index (κ1) is 28.2. The summed E-state index contributed by atoms with van der Waals surface area (Å²) in [6, 6.07) is 8.43. The zero-order valence-electron chi connectivity index (χ0n) is 19.0. The van der Waals surface area contributed by atoms with Gasteiger partial charge in [0, 0.05) is 29.0 Å². The molecule has 1 aromatic heterocycles. The maximum Gasteiger partial charge on any atom is 0.433 e. The van der Waals surface area contributed by atoms with Gasteiger partial charge in [0.25, 0.3) is 5.91 Å². The van der Waals surface area contributed by atoms with Crippen LogP contribution in [0.1, 0.15) is 36.8 Å². The van der Waals surface area contributed by atoms with Gasteiger partial charge in [0.2, 0.25) is 5.88 Å². The van der Waals surface area contributed by atoms with Crippen molar-refractivity contribution in [2.75, 3.05) is 0 Å². The van der Waals surface area contributed by atoms with E-state index in [0.717, 1.165) is 27.8 Å². The third-order valence-corrected chi connectivity index (χ3v) is 6.59. The van der Waals surface area contributed by atoms with Gasteiger partial charge < -0.3 is 15.8 Å². The number of ether oxygens (including phenoxy) is 1. The Hall–Kier alpha value is -3.35. The Morgan fingerprint density at radius 2 is 1.81 bits per heavy atom. The number of hydrogen-bond acceptors (Lipinski definition) is 5. The van der Waals surface area contributed by atoms with Crippen LogP contribution in [-0.4, -0.2) is 28.8 Å². The lowest BCUT2D eigenvalue weighted by atomic mass is 9.89. The van der Waals surface area contributed by atoms with Gasteiger partial charge >= 0.3 is 12.4 Å². The maximum absolute atomic E-state index is 12.8. The Labute approximate surface area is 216 Å². The number of alkyl halides is 6. The number of nitrogens with two attached hydrogens (primary N) is 1. The first-order chi connectivity index (χ1) is 17.3. The number of pyridine rings is 1. The number of benzene rings is 1. The third kappa shape index (κ3) is 7.34. The molecule has 1 aliphatic carbocycles. The first-order valence-electron chi connectivity index (χ1n) is 10.9. The molecule has 0 spiro atoms. The van der Waals surface area contributed by atoms with Crippen LogP contribution in [0, 0.1) is 5.41 Å². The highest BCUT2D eigenvalue weighted by atomic mass is 79.9. The predicted octanol–water partition coefficient (Wildman–Crippen LogP) is 6.48. The Morgan fingerprint density at radius 1 is 1.14 bits per heavy atom. The molecule has 6 nitrogen and oxygen atoms in total. The average Bonchev–Trinajstić information content (AvgIpc) is 2.84. The second-order valence-electron chi connectivity index (χ2n) is 8.13. The lowest BCUT2D eigenvalue weighted by Gasteiger charge is -2.26. The highest BCUT2D eigenvalue weighted by Crippen LogP contribution is 2.36. The SMILES string of the molecule is N=C(/C(=C\N)C(=O)NC1CCC(=C(Br)c2cccc(Oc3ccc(C(F)(F)F)cn3)c2)CC1)C(F)(F)F. The van der Waals surface area contributed by atoms with Gasteiger partial charge in [-0.1, -0.05) is 33.6 Å². The number of aromatic nitrogens is 1. The highest BCUT2D eigenvalue weighted by molar-refractivity contribution is 9.15. The Balaban J connectivity index is 1.63. The number of allylic oxidation sites excluding steroid dienone is 1. The van der Waals surface area contributed by atoms with E-state index in [4.69, 9.17) is 15.9 Å². The topological polar surface area (TPSA) is 101 Å². The number of carbonyl (C=O) groups excluding carboxylic acids is 1. The molecule has 0 saturated heterocycles. The normalized spacial score (nSPS) is 16.8. The summed E-state index contributed by atoms with van der Waals surface area (Å²) >= 11 is 3.56. The summed E-state index contributed by atoms with van der Waals surface area (Å²) in [5.74, 6) is -0.700. The van der Waals surface area contributed by atoms with Crippen molar-refractivity contribution in [3.63, 3.8) is 0 Å². The Bertz CT molecular complexity index is 1210. The first-order valence-corrected chi connectivity index (χ1v) is 11.7. The number of halogens is 7. The number of amides is 1. The Morgan fingerprint density at radius 3 is 2.35 bits per heavy atom. The van der Waals surface area contributed by atoms with Crippen LogP contribution in [0.3, 0.4) is 0 Å². The van der Waals surface area contributed by atoms with Crippen molar-refractivity contribution < 1.29 is 35.9 Å². The lowest BCUT2D eigenvalue weighted by molar-refractivity contribution is -0.137. The fourth-order valence-corrected chi connectivity index (χ4v) is 4.29.